The van der Waals surface area contributed by atoms with Crippen molar-refractivity contribution in [3.05, 3.63) is 58.3 Å². The number of ketones is 1. The van der Waals surface area contributed by atoms with Gasteiger partial charge in [0.25, 0.3) is 0 Å². The van der Waals surface area contributed by atoms with Crippen molar-refractivity contribution in [2.45, 2.75) is 19.9 Å². The molecule has 0 fully saturated rings. The van der Waals surface area contributed by atoms with Crippen LogP contribution < -0.4 is 0 Å². The van der Waals surface area contributed by atoms with E-state index in [1.165, 1.54) is 0 Å². The van der Waals surface area contributed by atoms with Gasteiger partial charge in [0.2, 0.25) is 0 Å². The molecule has 98 valence electrons. The fourth-order valence-corrected chi connectivity index (χ4v) is 2.04. The van der Waals surface area contributed by atoms with E-state index in [0.29, 0.717) is 5.56 Å². The van der Waals surface area contributed by atoms with Gasteiger partial charge in [0.1, 0.15) is 0 Å². The Morgan fingerprint density at radius 2 is 2.11 bits per heavy atom. The normalized spacial score (nSPS) is 11.4. The van der Waals surface area contributed by atoms with Crippen molar-refractivity contribution >= 4 is 27.8 Å². The molecular weight excluding hydrogens is 304 g/mol. The molecule has 0 radical (unpaired) electrons. The van der Waals surface area contributed by atoms with E-state index in [9.17, 15) is 4.79 Å². The third kappa shape index (κ3) is 3.41. The number of rotatable bonds is 4. The summed E-state index contributed by atoms with van der Waals surface area (Å²) in [6, 6.07) is 8.03. The predicted molar refractivity (Wildman–Crippen MR) is 80.1 cm³/mol. The van der Waals surface area contributed by atoms with E-state index >= 15 is 0 Å². The minimum Gasteiger partial charge on any atom is -0.289 e. The predicted octanol–water partition coefficient (Wildman–Crippen LogP) is 4.12. The summed E-state index contributed by atoms with van der Waals surface area (Å²) in [5, 5.41) is 4.16. The number of nitrogens with zero attached hydrogens (tertiary/aromatic N) is 2. The van der Waals surface area contributed by atoms with Crippen molar-refractivity contribution in [3.8, 4) is 0 Å². The molecule has 4 heteroatoms. The second-order valence-corrected chi connectivity index (χ2v) is 5.38. The van der Waals surface area contributed by atoms with Gasteiger partial charge in [-0.2, -0.15) is 5.10 Å². The lowest BCUT2D eigenvalue weighted by Gasteiger charge is -2.02. The van der Waals surface area contributed by atoms with Crippen molar-refractivity contribution in [1.29, 1.82) is 0 Å². The van der Waals surface area contributed by atoms with Gasteiger partial charge in [0.05, 0.1) is 11.8 Å². The topological polar surface area (TPSA) is 34.9 Å². The fraction of sp³-hybridized carbons (Fsp3) is 0.200. The molecule has 19 heavy (non-hydrogen) atoms. The van der Waals surface area contributed by atoms with Crippen LogP contribution in [0.1, 0.15) is 35.8 Å². The van der Waals surface area contributed by atoms with Crippen LogP contribution in [0.4, 0.5) is 0 Å². The highest BCUT2D eigenvalue weighted by Crippen LogP contribution is 2.17. The van der Waals surface area contributed by atoms with Crippen LogP contribution in [0.15, 0.2) is 47.2 Å². The molecule has 1 heterocycles. The third-order valence-electron chi connectivity index (χ3n) is 2.73. The second kappa shape index (κ2) is 5.97. The van der Waals surface area contributed by atoms with Crippen molar-refractivity contribution in [1.82, 2.24) is 9.78 Å². The van der Waals surface area contributed by atoms with Gasteiger partial charge in [-0.1, -0.05) is 34.1 Å². The smallest absolute Gasteiger partial charge is 0.189 e. The Kier molecular flexibility index (Phi) is 4.32. The molecule has 0 amide bonds. The molecule has 0 N–H and O–H groups in total. The van der Waals surface area contributed by atoms with Gasteiger partial charge in [-0.05, 0) is 37.6 Å². The Balaban J connectivity index is 2.14. The first-order chi connectivity index (χ1) is 9.08. The lowest BCUT2D eigenvalue weighted by molar-refractivity contribution is 0.104. The van der Waals surface area contributed by atoms with Crippen LogP contribution in [0.3, 0.4) is 0 Å². The van der Waals surface area contributed by atoms with Crippen LogP contribution in [0, 0.1) is 0 Å². The molecule has 0 bridgehead atoms. The van der Waals surface area contributed by atoms with E-state index in [1.54, 1.807) is 29.2 Å². The summed E-state index contributed by atoms with van der Waals surface area (Å²) >= 11 is 3.45. The molecule has 0 unspecified atom stereocenters. The van der Waals surface area contributed by atoms with Crippen LogP contribution >= 0.6 is 15.9 Å². The summed E-state index contributed by atoms with van der Waals surface area (Å²) in [5.74, 6) is -0.0392. The van der Waals surface area contributed by atoms with Crippen molar-refractivity contribution in [2.24, 2.45) is 0 Å². The minimum absolute atomic E-state index is 0.0392. The van der Waals surface area contributed by atoms with Gasteiger partial charge in [0.15, 0.2) is 5.78 Å². The second-order valence-electron chi connectivity index (χ2n) is 4.52. The van der Waals surface area contributed by atoms with Gasteiger partial charge in [0, 0.05) is 16.7 Å². The molecular formula is C15H15BrN2O. The average Bonchev–Trinajstić information content (AvgIpc) is 2.87. The molecule has 0 aliphatic rings. The van der Waals surface area contributed by atoms with E-state index in [0.717, 1.165) is 10.0 Å². The van der Waals surface area contributed by atoms with E-state index in [1.807, 2.05) is 38.1 Å². The molecule has 2 rings (SSSR count). The molecule has 0 spiro atoms. The van der Waals surface area contributed by atoms with E-state index in [-0.39, 0.29) is 11.8 Å². The van der Waals surface area contributed by atoms with Gasteiger partial charge >= 0.3 is 0 Å². The molecule has 3 nitrogen and oxygen atoms in total. The first-order valence-electron chi connectivity index (χ1n) is 6.09. The molecule has 1 aromatic heterocycles. The monoisotopic (exact) mass is 318 g/mol. The molecule has 0 atom stereocenters. The zero-order chi connectivity index (χ0) is 13.8. The average molecular weight is 319 g/mol. The number of benzene rings is 1. The maximum Gasteiger partial charge on any atom is 0.189 e. The maximum atomic E-state index is 12.0. The summed E-state index contributed by atoms with van der Waals surface area (Å²) in [7, 11) is 0. The number of allylic oxidation sites excluding steroid dienone is 1. The molecule has 0 saturated carbocycles. The highest BCUT2D eigenvalue weighted by molar-refractivity contribution is 9.10. The number of aromatic nitrogens is 2. The van der Waals surface area contributed by atoms with E-state index in [2.05, 4.69) is 21.0 Å². The first-order valence-corrected chi connectivity index (χ1v) is 6.88. The Hall–Kier alpha value is -1.68. The first kappa shape index (κ1) is 13.7. The zero-order valence-electron chi connectivity index (χ0n) is 10.9. The third-order valence-corrected chi connectivity index (χ3v) is 3.46. The minimum atomic E-state index is -0.0392. The van der Waals surface area contributed by atoms with Gasteiger partial charge in [-0.15, -0.1) is 0 Å². The maximum absolute atomic E-state index is 12.0. The van der Waals surface area contributed by atoms with E-state index < -0.39 is 0 Å². The summed E-state index contributed by atoms with van der Waals surface area (Å²) in [4.78, 5) is 12.0. The van der Waals surface area contributed by atoms with Crippen LogP contribution in [-0.4, -0.2) is 15.6 Å². The molecule has 2 aromatic rings. The highest BCUT2D eigenvalue weighted by atomic mass is 79.9. The number of carbonyl (C=O) groups is 1. The zero-order valence-corrected chi connectivity index (χ0v) is 12.5. The number of halogens is 1. The van der Waals surface area contributed by atoms with Gasteiger partial charge in [-0.25, -0.2) is 0 Å². The number of hydrogen-bond acceptors (Lipinski definition) is 2. The van der Waals surface area contributed by atoms with Crippen molar-refractivity contribution in [3.63, 3.8) is 0 Å². The van der Waals surface area contributed by atoms with Gasteiger partial charge in [-0.3, -0.25) is 9.48 Å². The standard InChI is InChI=1S/C15H15BrN2O/c1-11(2)18-10-13(9-17-18)15(19)8-7-12-5-3-4-6-14(12)16/h3-11H,1-2H3/b8-7+. The molecule has 0 saturated heterocycles. The summed E-state index contributed by atoms with van der Waals surface area (Å²) in [6.07, 6.45) is 6.75. The summed E-state index contributed by atoms with van der Waals surface area (Å²) < 4.78 is 2.75. The highest BCUT2D eigenvalue weighted by Gasteiger charge is 2.07. The lowest BCUT2D eigenvalue weighted by atomic mass is 10.1. The van der Waals surface area contributed by atoms with Gasteiger partial charge < -0.3 is 0 Å². The number of carbonyl (C=O) groups excluding carboxylic acids is 1. The lowest BCUT2D eigenvalue weighted by Crippen LogP contribution is -2.00. The molecule has 0 aliphatic heterocycles. The Morgan fingerprint density at radius 3 is 2.74 bits per heavy atom. The Bertz CT molecular complexity index is 614. The largest absolute Gasteiger partial charge is 0.289 e. The fourth-order valence-electron chi connectivity index (χ4n) is 1.62. The molecule has 0 aliphatic carbocycles. The molecule has 1 aromatic carbocycles. The summed E-state index contributed by atoms with van der Waals surface area (Å²) in [5.41, 5.74) is 1.59. The summed E-state index contributed by atoms with van der Waals surface area (Å²) in [6.45, 7) is 4.05. The SMILES string of the molecule is CC(C)n1cc(C(=O)/C=C/c2ccccc2Br)cn1. The van der Waals surface area contributed by atoms with E-state index in [4.69, 9.17) is 0 Å². The quantitative estimate of drug-likeness (QED) is 0.627. The van der Waals surface area contributed by atoms with Crippen LogP contribution in [0.2, 0.25) is 0 Å². The van der Waals surface area contributed by atoms with Crippen molar-refractivity contribution < 1.29 is 4.79 Å². The van der Waals surface area contributed by atoms with Crippen LogP contribution in [0.25, 0.3) is 6.08 Å². The number of hydrogen-bond donors (Lipinski definition) is 0. The Morgan fingerprint density at radius 1 is 1.37 bits per heavy atom. The van der Waals surface area contributed by atoms with Crippen molar-refractivity contribution in [2.75, 3.05) is 0 Å². The van der Waals surface area contributed by atoms with Crippen LogP contribution in [0.5, 0.6) is 0 Å². The van der Waals surface area contributed by atoms with Crippen LogP contribution in [-0.2, 0) is 0 Å². The Labute approximate surface area is 121 Å².